The zero-order valence-corrected chi connectivity index (χ0v) is 11.5. The third kappa shape index (κ3) is 4.50. The fourth-order valence-corrected chi connectivity index (χ4v) is 2.12. The fourth-order valence-electron chi connectivity index (χ4n) is 2.12. The van der Waals surface area contributed by atoms with Crippen molar-refractivity contribution in [2.75, 3.05) is 5.32 Å². The van der Waals surface area contributed by atoms with Crippen LogP contribution in [0.15, 0.2) is 18.2 Å². The van der Waals surface area contributed by atoms with Gasteiger partial charge in [-0.1, -0.05) is 39.2 Å². The molecule has 0 saturated carbocycles. The van der Waals surface area contributed by atoms with E-state index in [1.54, 1.807) is 6.07 Å². The first kappa shape index (κ1) is 15.4. The average Bonchev–Trinajstić information content (AvgIpc) is 2.35. The van der Waals surface area contributed by atoms with Crippen LogP contribution in [0.3, 0.4) is 0 Å². The SMILES string of the molecule is CCCCC(CCC)Nc1cccc(F)c1[N+](=O)[O-]. The van der Waals surface area contributed by atoms with E-state index in [0.29, 0.717) is 0 Å². The molecule has 4 nitrogen and oxygen atoms in total. The number of hydrogen-bond donors (Lipinski definition) is 1. The third-order valence-corrected chi connectivity index (χ3v) is 3.07. The number of unbranched alkanes of at least 4 members (excludes halogenated alkanes) is 1. The van der Waals surface area contributed by atoms with E-state index in [1.807, 2.05) is 0 Å². The van der Waals surface area contributed by atoms with Crippen LogP contribution in [0.25, 0.3) is 0 Å². The monoisotopic (exact) mass is 268 g/mol. The van der Waals surface area contributed by atoms with Crippen molar-refractivity contribution in [3.63, 3.8) is 0 Å². The highest BCUT2D eigenvalue weighted by molar-refractivity contribution is 5.62. The molecule has 0 aliphatic rings. The standard InChI is InChI=1S/C14H21FN2O2/c1-3-5-8-11(7-4-2)16-13-10-6-9-12(15)14(13)17(18)19/h6,9-11,16H,3-5,7-8H2,1-2H3. The number of para-hydroxylation sites is 1. The summed E-state index contributed by atoms with van der Waals surface area (Å²) in [6.07, 6.45) is 4.99. The van der Waals surface area contributed by atoms with Crippen molar-refractivity contribution in [2.24, 2.45) is 0 Å². The lowest BCUT2D eigenvalue weighted by Crippen LogP contribution is -2.20. The van der Waals surface area contributed by atoms with Crippen LogP contribution in [-0.4, -0.2) is 11.0 Å². The summed E-state index contributed by atoms with van der Waals surface area (Å²) in [5, 5.41) is 14.0. The molecule has 19 heavy (non-hydrogen) atoms. The van der Waals surface area contributed by atoms with Crippen molar-refractivity contribution in [2.45, 2.75) is 52.0 Å². The van der Waals surface area contributed by atoms with Crippen molar-refractivity contribution in [1.82, 2.24) is 0 Å². The summed E-state index contributed by atoms with van der Waals surface area (Å²) in [4.78, 5) is 10.3. The topological polar surface area (TPSA) is 55.2 Å². The molecule has 0 aliphatic heterocycles. The number of nitro groups is 1. The van der Waals surface area contributed by atoms with E-state index >= 15 is 0 Å². The van der Waals surface area contributed by atoms with Crippen LogP contribution < -0.4 is 5.32 Å². The van der Waals surface area contributed by atoms with E-state index in [9.17, 15) is 14.5 Å². The van der Waals surface area contributed by atoms with Gasteiger partial charge >= 0.3 is 5.69 Å². The highest BCUT2D eigenvalue weighted by Crippen LogP contribution is 2.29. The van der Waals surface area contributed by atoms with Crippen LogP contribution in [-0.2, 0) is 0 Å². The minimum absolute atomic E-state index is 0.158. The molecule has 0 radical (unpaired) electrons. The molecule has 1 aromatic rings. The Labute approximate surface area is 113 Å². The zero-order valence-electron chi connectivity index (χ0n) is 11.5. The van der Waals surface area contributed by atoms with Crippen LogP contribution in [0.5, 0.6) is 0 Å². The second kappa shape index (κ2) is 7.71. The summed E-state index contributed by atoms with van der Waals surface area (Å²) in [7, 11) is 0. The maximum Gasteiger partial charge on any atom is 0.327 e. The van der Waals surface area contributed by atoms with E-state index in [-0.39, 0.29) is 11.7 Å². The van der Waals surface area contributed by atoms with Gasteiger partial charge in [0.05, 0.1) is 4.92 Å². The van der Waals surface area contributed by atoms with Crippen LogP contribution >= 0.6 is 0 Å². The lowest BCUT2D eigenvalue weighted by molar-refractivity contribution is -0.386. The summed E-state index contributed by atoms with van der Waals surface area (Å²) in [6, 6.07) is 4.33. The minimum Gasteiger partial charge on any atom is -0.377 e. The number of nitrogens with one attached hydrogen (secondary N) is 1. The van der Waals surface area contributed by atoms with E-state index in [1.165, 1.54) is 6.07 Å². The largest absolute Gasteiger partial charge is 0.377 e. The molecule has 0 saturated heterocycles. The van der Waals surface area contributed by atoms with Gasteiger partial charge in [0.25, 0.3) is 0 Å². The average molecular weight is 268 g/mol. The molecule has 0 aliphatic carbocycles. The molecule has 106 valence electrons. The second-order valence-electron chi connectivity index (χ2n) is 4.67. The Bertz CT molecular complexity index is 424. The number of nitro benzene ring substituents is 1. The Morgan fingerprint density at radius 3 is 2.63 bits per heavy atom. The molecule has 1 aromatic carbocycles. The first-order chi connectivity index (χ1) is 9.10. The van der Waals surface area contributed by atoms with Crippen molar-refractivity contribution >= 4 is 11.4 Å². The van der Waals surface area contributed by atoms with E-state index in [4.69, 9.17) is 0 Å². The summed E-state index contributed by atoms with van der Waals surface area (Å²) >= 11 is 0. The molecule has 0 fully saturated rings. The summed E-state index contributed by atoms with van der Waals surface area (Å²) < 4.78 is 13.5. The minimum atomic E-state index is -0.791. The van der Waals surface area contributed by atoms with E-state index in [2.05, 4.69) is 19.2 Å². The van der Waals surface area contributed by atoms with Crippen molar-refractivity contribution in [3.8, 4) is 0 Å². The van der Waals surface area contributed by atoms with Gasteiger partial charge < -0.3 is 5.32 Å². The van der Waals surface area contributed by atoms with Gasteiger partial charge in [0.2, 0.25) is 5.82 Å². The second-order valence-corrected chi connectivity index (χ2v) is 4.67. The Balaban J connectivity index is 2.89. The third-order valence-electron chi connectivity index (χ3n) is 3.07. The normalized spacial score (nSPS) is 12.2. The number of benzene rings is 1. The number of rotatable bonds is 8. The highest BCUT2D eigenvalue weighted by Gasteiger charge is 2.21. The van der Waals surface area contributed by atoms with Gasteiger partial charge in [-0.25, -0.2) is 0 Å². The van der Waals surface area contributed by atoms with Crippen molar-refractivity contribution < 1.29 is 9.31 Å². The molecule has 0 amide bonds. The molecule has 1 rings (SSSR count). The summed E-state index contributed by atoms with van der Waals surface area (Å²) in [5.74, 6) is -0.791. The Hall–Kier alpha value is -1.65. The quantitative estimate of drug-likeness (QED) is 0.557. The molecule has 0 aromatic heterocycles. The van der Waals surface area contributed by atoms with Gasteiger partial charge in [-0.15, -0.1) is 0 Å². The smallest absolute Gasteiger partial charge is 0.327 e. The van der Waals surface area contributed by atoms with Gasteiger partial charge in [-0.2, -0.15) is 4.39 Å². The Morgan fingerprint density at radius 1 is 1.32 bits per heavy atom. The maximum absolute atomic E-state index is 13.5. The lowest BCUT2D eigenvalue weighted by atomic mass is 10.0. The molecular weight excluding hydrogens is 247 g/mol. The predicted octanol–water partition coefficient (Wildman–Crippen LogP) is 4.50. The van der Waals surface area contributed by atoms with Crippen LogP contribution in [0.4, 0.5) is 15.8 Å². The predicted molar refractivity (Wildman–Crippen MR) is 74.9 cm³/mol. The number of halogens is 1. The molecule has 5 heteroatoms. The molecule has 1 unspecified atom stereocenters. The zero-order chi connectivity index (χ0) is 14.3. The van der Waals surface area contributed by atoms with Crippen LogP contribution in [0, 0.1) is 15.9 Å². The lowest BCUT2D eigenvalue weighted by Gasteiger charge is -2.19. The summed E-state index contributed by atoms with van der Waals surface area (Å²) in [6.45, 7) is 4.17. The molecule has 0 heterocycles. The van der Waals surface area contributed by atoms with Crippen LogP contribution in [0.1, 0.15) is 46.0 Å². The van der Waals surface area contributed by atoms with E-state index in [0.717, 1.165) is 38.2 Å². The van der Waals surface area contributed by atoms with Crippen LogP contribution in [0.2, 0.25) is 0 Å². The fraction of sp³-hybridized carbons (Fsp3) is 0.571. The first-order valence-corrected chi connectivity index (χ1v) is 6.79. The van der Waals surface area contributed by atoms with Crippen molar-refractivity contribution in [3.05, 3.63) is 34.1 Å². The summed E-state index contributed by atoms with van der Waals surface area (Å²) in [5.41, 5.74) is -0.181. The molecule has 1 N–H and O–H groups in total. The Kier molecular flexibility index (Phi) is 6.25. The van der Waals surface area contributed by atoms with Gasteiger partial charge in [-0.05, 0) is 25.0 Å². The number of hydrogen-bond acceptors (Lipinski definition) is 3. The molecule has 0 bridgehead atoms. The maximum atomic E-state index is 13.5. The number of nitrogens with zero attached hydrogens (tertiary/aromatic N) is 1. The van der Waals surface area contributed by atoms with Crippen molar-refractivity contribution in [1.29, 1.82) is 0 Å². The Morgan fingerprint density at radius 2 is 2.05 bits per heavy atom. The first-order valence-electron chi connectivity index (χ1n) is 6.79. The van der Waals surface area contributed by atoms with E-state index < -0.39 is 16.4 Å². The number of anilines is 1. The van der Waals surface area contributed by atoms with Gasteiger partial charge in [-0.3, -0.25) is 10.1 Å². The van der Waals surface area contributed by atoms with Gasteiger partial charge in [0.1, 0.15) is 5.69 Å². The molecular formula is C14H21FN2O2. The molecule has 1 atom stereocenters. The van der Waals surface area contributed by atoms with Gasteiger partial charge in [0, 0.05) is 6.04 Å². The van der Waals surface area contributed by atoms with Gasteiger partial charge in [0.15, 0.2) is 0 Å². The molecule has 0 spiro atoms. The highest BCUT2D eigenvalue weighted by atomic mass is 19.1.